The van der Waals surface area contributed by atoms with Crippen LogP contribution in [0, 0.1) is 0 Å². The molecule has 0 bridgehead atoms. The molecular weight excluding hydrogens is 220 g/mol. The number of hydrogen-bond donors (Lipinski definition) is 3. The lowest BCUT2D eigenvalue weighted by atomic mass is 10.2. The number of aromatic nitrogens is 4. The van der Waals surface area contributed by atoms with Gasteiger partial charge in [0.05, 0.1) is 0 Å². The van der Waals surface area contributed by atoms with Gasteiger partial charge in [0, 0.05) is 18.2 Å². The first kappa shape index (κ1) is 10.3. The lowest BCUT2D eigenvalue weighted by Gasteiger charge is -2.17. The highest BCUT2D eigenvalue weighted by atomic mass is 16.1. The molecule has 1 aliphatic carbocycles. The van der Waals surface area contributed by atoms with E-state index in [9.17, 15) is 4.79 Å². The van der Waals surface area contributed by atoms with E-state index in [1.807, 2.05) is 0 Å². The van der Waals surface area contributed by atoms with Crippen LogP contribution in [0.1, 0.15) is 19.3 Å². The minimum absolute atomic E-state index is 0.175. The quantitative estimate of drug-likeness (QED) is 0.662. The maximum Gasteiger partial charge on any atom is 0.348 e. The molecule has 7 heteroatoms. The molecule has 17 heavy (non-hydrogen) atoms. The minimum Gasteiger partial charge on any atom is -0.366 e. The number of nitrogens with one attached hydrogen (secondary N) is 2. The summed E-state index contributed by atoms with van der Waals surface area (Å²) in [7, 11) is 0. The third kappa shape index (κ3) is 1.78. The molecule has 2 heterocycles. The van der Waals surface area contributed by atoms with Gasteiger partial charge < -0.3 is 11.1 Å². The third-order valence-corrected chi connectivity index (χ3v) is 3.21. The summed E-state index contributed by atoms with van der Waals surface area (Å²) in [5.41, 5.74) is 6.25. The first-order chi connectivity index (χ1) is 8.24. The number of H-pyrrole nitrogens is 1. The van der Waals surface area contributed by atoms with Crippen molar-refractivity contribution in [2.75, 3.05) is 5.32 Å². The predicted octanol–water partition coefficient (Wildman–Crippen LogP) is -0.291. The largest absolute Gasteiger partial charge is 0.366 e. The van der Waals surface area contributed by atoms with Gasteiger partial charge in [0.2, 0.25) is 0 Å². The van der Waals surface area contributed by atoms with E-state index >= 15 is 0 Å². The summed E-state index contributed by atoms with van der Waals surface area (Å²) in [6.45, 7) is 0. The van der Waals surface area contributed by atoms with Crippen molar-refractivity contribution < 1.29 is 0 Å². The van der Waals surface area contributed by atoms with Crippen LogP contribution in [0.15, 0.2) is 17.2 Å². The Kier molecular flexibility index (Phi) is 2.32. The van der Waals surface area contributed by atoms with Crippen LogP contribution in [-0.2, 0) is 0 Å². The highest BCUT2D eigenvalue weighted by Gasteiger charge is 2.23. The third-order valence-electron chi connectivity index (χ3n) is 3.21. The van der Waals surface area contributed by atoms with E-state index in [2.05, 4.69) is 20.5 Å². The molecule has 2 atom stereocenters. The van der Waals surface area contributed by atoms with Crippen molar-refractivity contribution in [3.05, 3.63) is 22.9 Å². The van der Waals surface area contributed by atoms with Crippen molar-refractivity contribution in [1.82, 2.24) is 19.6 Å². The maximum atomic E-state index is 11.3. The zero-order chi connectivity index (χ0) is 11.8. The molecule has 0 aliphatic heterocycles. The first-order valence-electron chi connectivity index (χ1n) is 5.69. The van der Waals surface area contributed by atoms with Crippen LogP contribution in [-0.4, -0.2) is 31.7 Å². The van der Waals surface area contributed by atoms with Crippen molar-refractivity contribution in [2.45, 2.75) is 31.3 Å². The molecule has 0 aromatic carbocycles. The standard InChI is InChI=1S/C10H14N6O/c11-6-2-1-3-7(6)13-8-4-9-14-15-10(17)16(9)5-12-8/h4-7,13H,1-3,11H2,(H,15,17). The Hall–Kier alpha value is -1.89. The van der Waals surface area contributed by atoms with Crippen molar-refractivity contribution in [3.63, 3.8) is 0 Å². The number of anilines is 1. The summed E-state index contributed by atoms with van der Waals surface area (Å²) in [6.07, 6.45) is 4.70. The molecule has 2 aromatic heterocycles. The fourth-order valence-electron chi connectivity index (χ4n) is 2.25. The van der Waals surface area contributed by atoms with Gasteiger partial charge >= 0.3 is 5.69 Å². The predicted molar refractivity (Wildman–Crippen MR) is 62.8 cm³/mol. The minimum atomic E-state index is -0.281. The molecule has 0 amide bonds. The number of hydrogen-bond acceptors (Lipinski definition) is 5. The number of fused-ring (bicyclic) bond motifs is 1. The lowest BCUT2D eigenvalue weighted by molar-refractivity contribution is 0.635. The van der Waals surface area contributed by atoms with E-state index in [1.165, 1.54) is 10.7 Å². The topological polar surface area (TPSA) is 101 Å². The molecular formula is C10H14N6O. The Bertz CT molecular complexity index is 588. The molecule has 90 valence electrons. The smallest absolute Gasteiger partial charge is 0.348 e. The van der Waals surface area contributed by atoms with Gasteiger partial charge in [-0.1, -0.05) is 0 Å². The van der Waals surface area contributed by atoms with Crippen molar-refractivity contribution in [3.8, 4) is 0 Å². The number of nitrogens with two attached hydrogens (primary N) is 1. The zero-order valence-corrected chi connectivity index (χ0v) is 9.26. The van der Waals surface area contributed by atoms with Crippen molar-refractivity contribution in [1.29, 1.82) is 0 Å². The number of aromatic amines is 1. The van der Waals surface area contributed by atoms with E-state index in [4.69, 9.17) is 5.73 Å². The van der Waals surface area contributed by atoms with Crippen molar-refractivity contribution in [2.24, 2.45) is 5.73 Å². The molecule has 3 rings (SSSR count). The SMILES string of the molecule is NC1CCCC1Nc1cc2n[nH]c(=O)n2cn1. The van der Waals surface area contributed by atoms with E-state index in [1.54, 1.807) is 6.07 Å². The van der Waals surface area contributed by atoms with Crippen LogP contribution in [0.4, 0.5) is 5.82 Å². The molecule has 1 fully saturated rings. The van der Waals surface area contributed by atoms with Crippen molar-refractivity contribution >= 4 is 11.5 Å². The fraction of sp³-hybridized carbons (Fsp3) is 0.500. The summed E-state index contributed by atoms with van der Waals surface area (Å²) in [4.78, 5) is 15.4. The van der Waals surface area contributed by atoms with Gasteiger partial charge in [-0.25, -0.2) is 19.3 Å². The molecule has 4 N–H and O–H groups in total. The van der Waals surface area contributed by atoms with Gasteiger partial charge in [-0.2, -0.15) is 5.10 Å². The second-order valence-electron chi connectivity index (χ2n) is 4.38. The van der Waals surface area contributed by atoms with Gasteiger partial charge in [-0.15, -0.1) is 0 Å². The first-order valence-corrected chi connectivity index (χ1v) is 5.69. The van der Waals surface area contributed by atoms with Crippen LogP contribution in [0.3, 0.4) is 0 Å². The normalized spacial score (nSPS) is 24.3. The Labute approximate surface area is 97.0 Å². The monoisotopic (exact) mass is 234 g/mol. The highest BCUT2D eigenvalue weighted by Crippen LogP contribution is 2.20. The van der Waals surface area contributed by atoms with Gasteiger partial charge in [0.1, 0.15) is 12.1 Å². The fourth-order valence-corrected chi connectivity index (χ4v) is 2.25. The summed E-state index contributed by atoms with van der Waals surface area (Å²) in [6, 6.07) is 2.17. The molecule has 0 saturated heterocycles. The molecule has 0 radical (unpaired) electrons. The van der Waals surface area contributed by atoms with Gasteiger partial charge in [-0.3, -0.25) is 0 Å². The van der Waals surface area contributed by atoms with E-state index < -0.39 is 0 Å². The molecule has 2 unspecified atom stereocenters. The summed E-state index contributed by atoms with van der Waals surface area (Å²) >= 11 is 0. The Balaban J connectivity index is 1.88. The van der Waals surface area contributed by atoms with Crippen LogP contribution < -0.4 is 16.7 Å². The highest BCUT2D eigenvalue weighted by molar-refractivity contribution is 5.49. The zero-order valence-electron chi connectivity index (χ0n) is 9.26. The van der Waals surface area contributed by atoms with Crippen LogP contribution in [0.2, 0.25) is 0 Å². The van der Waals surface area contributed by atoms with E-state index in [-0.39, 0.29) is 17.8 Å². The summed E-state index contributed by atoms with van der Waals surface area (Å²) < 4.78 is 1.36. The summed E-state index contributed by atoms with van der Waals surface area (Å²) in [5, 5.41) is 9.54. The molecule has 2 aromatic rings. The lowest BCUT2D eigenvalue weighted by Crippen LogP contribution is -2.35. The van der Waals surface area contributed by atoms with Gasteiger partial charge in [0.15, 0.2) is 5.65 Å². The molecule has 0 spiro atoms. The van der Waals surface area contributed by atoms with Crippen LogP contribution >= 0.6 is 0 Å². The Morgan fingerprint density at radius 2 is 2.41 bits per heavy atom. The Morgan fingerprint density at radius 3 is 3.18 bits per heavy atom. The average molecular weight is 234 g/mol. The van der Waals surface area contributed by atoms with Crippen LogP contribution in [0.25, 0.3) is 5.65 Å². The second kappa shape index (κ2) is 3.85. The van der Waals surface area contributed by atoms with Crippen LogP contribution in [0.5, 0.6) is 0 Å². The molecule has 7 nitrogen and oxygen atoms in total. The molecule has 1 saturated carbocycles. The Morgan fingerprint density at radius 1 is 1.53 bits per heavy atom. The number of rotatable bonds is 2. The van der Waals surface area contributed by atoms with Gasteiger partial charge in [0.25, 0.3) is 0 Å². The molecule has 1 aliphatic rings. The second-order valence-corrected chi connectivity index (χ2v) is 4.38. The summed E-state index contributed by atoms with van der Waals surface area (Å²) in [5.74, 6) is 0.707. The maximum absolute atomic E-state index is 11.3. The average Bonchev–Trinajstić information content (AvgIpc) is 2.87. The van der Waals surface area contributed by atoms with E-state index in [0.717, 1.165) is 19.3 Å². The number of nitrogens with zero attached hydrogens (tertiary/aromatic N) is 3. The van der Waals surface area contributed by atoms with Gasteiger partial charge in [-0.05, 0) is 19.3 Å². The van der Waals surface area contributed by atoms with E-state index in [0.29, 0.717) is 11.5 Å².